The Labute approximate surface area is 154 Å². The van der Waals surface area contributed by atoms with Crippen molar-refractivity contribution in [2.75, 3.05) is 0 Å². The quantitative estimate of drug-likeness (QED) is 0.427. The molecular weight excluding hydrogens is 257 g/mol. The van der Waals surface area contributed by atoms with Gasteiger partial charge in [0.25, 0.3) is 0 Å². The first-order valence-electron chi connectivity index (χ1n) is 2.10. The van der Waals surface area contributed by atoms with Crippen molar-refractivity contribution in [3.05, 3.63) is 30.1 Å². The van der Waals surface area contributed by atoms with Gasteiger partial charge in [-0.2, -0.15) is 0 Å². The molecule has 0 amide bonds. The van der Waals surface area contributed by atoms with Crippen LogP contribution in [0.3, 0.4) is 0 Å². The molecule has 0 aliphatic carbocycles. The molecule has 0 aliphatic rings. The van der Waals surface area contributed by atoms with E-state index in [0.29, 0.717) is 0 Å². The largest absolute Gasteiger partial charge is 1.00 e. The van der Waals surface area contributed by atoms with Crippen molar-refractivity contribution in [2.45, 2.75) is 6.92 Å². The molecule has 0 aliphatic heterocycles. The predicted octanol–water partition coefficient (Wildman–Crippen LogP) is -5.00. The SMILES string of the molecule is Cc1c[c-]n[c-]c1.[Rb+].[Rb+]. The first-order chi connectivity index (χ1) is 3.39. The van der Waals surface area contributed by atoms with Crippen LogP contribution in [0.1, 0.15) is 5.56 Å². The zero-order valence-electron chi connectivity index (χ0n) is 6.10. The number of rotatable bonds is 0. The van der Waals surface area contributed by atoms with E-state index in [1.807, 2.05) is 19.1 Å². The van der Waals surface area contributed by atoms with Gasteiger partial charge in [0, 0.05) is 0 Å². The van der Waals surface area contributed by atoms with E-state index in [9.17, 15) is 0 Å². The second-order valence-electron chi connectivity index (χ2n) is 1.40. The second kappa shape index (κ2) is 8.85. The molecule has 0 atom stereocenters. The van der Waals surface area contributed by atoms with Gasteiger partial charge in [-0.05, 0) is 0 Å². The molecule has 0 saturated carbocycles. The molecule has 0 radical (unpaired) electrons. The van der Waals surface area contributed by atoms with E-state index in [4.69, 9.17) is 0 Å². The van der Waals surface area contributed by atoms with Crippen molar-refractivity contribution in [3.8, 4) is 0 Å². The summed E-state index contributed by atoms with van der Waals surface area (Å²) in [5.74, 6) is 0. The first-order valence-corrected chi connectivity index (χ1v) is 2.10. The molecule has 1 heterocycles. The Bertz CT molecular complexity index is 141. The van der Waals surface area contributed by atoms with Crippen molar-refractivity contribution in [1.82, 2.24) is 4.98 Å². The number of pyridine rings is 1. The van der Waals surface area contributed by atoms with E-state index in [2.05, 4.69) is 17.4 Å². The third-order valence-corrected chi connectivity index (χ3v) is 0.714. The molecule has 1 rings (SSSR count). The average molecular weight is 262 g/mol. The van der Waals surface area contributed by atoms with E-state index >= 15 is 0 Å². The van der Waals surface area contributed by atoms with Crippen LogP contribution in [0.5, 0.6) is 0 Å². The maximum absolute atomic E-state index is 3.60. The molecule has 1 aromatic rings. The minimum Gasteiger partial charge on any atom is -0.543 e. The van der Waals surface area contributed by atoms with Crippen LogP contribution in [0.2, 0.25) is 0 Å². The van der Waals surface area contributed by atoms with Crippen molar-refractivity contribution in [2.24, 2.45) is 0 Å². The fourth-order valence-corrected chi connectivity index (χ4v) is 0.347. The van der Waals surface area contributed by atoms with Gasteiger partial charge in [-0.15, -0.1) is 6.92 Å². The maximum atomic E-state index is 3.60. The molecular formula is C6H5NRb2. The van der Waals surface area contributed by atoms with Crippen LogP contribution in [0.25, 0.3) is 0 Å². The van der Waals surface area contributed by atoms with Gasteiger partial charge in [0.15, 0.2) is 0 Å². The summed E-state index contributed by atoms with van der Waals surface area (Å²) in [7, 11) is 0. The summed E-state index contributed by atoms with van der Waals surface area (Å²) < 4.78 is 0. The van der Waals surface area contributed by atoms with Crippen molar-refractivity contribution < 1.29 is 116 Å². The fourth-order valence-electron chi connectivity index (χ4n) is 0.347. The third-order valence-electron chi connectivity index (χ3n) is 0.714. The van der Waals surface area contributed by atoms with Crippen LogP contribution in [0.15, 0.2) is 12.1 Å². The molecule has 0 bridgehead atoms. The molecule has 9 heavy (non-hydrogen) atoms. The number of aryl methyl sites for hydroxylation is 1. The molecule has 0 saturated heterocycles. The zero-order chi connectivity index (χ0) is 5.11. The van der Waals surface area contributed by atoms with Gasteiger partial charge in [-0.25, -0.2) is 0 Å². The van der Waals surface area contributed by atoms with Gasteiger partial charge in [0.1, 0.15) is 0 Å². The topological polar surface area (TPSA) is 12.9 Å². The summed E-state index contributed by atoms with van der Waals surface area (Å²) in [6, 6.07) is 3.63. The van der Waals surface area contributed by atoms with Gasteiger partial charge in [-0.1, -0.05) is 0 Å². The minimum absolute atomic E-state index is 0. The van der Waals surface area contributed by atoms with E-state index in [0.717, 1.165) is 5.56 Å². The summed E-state index contributed by atoms with van der Waals surface area (Å²) in [4.78, 5) is 3.60. The molecule has 0 aromatic carbocycles. The van der Waals surface area contributed by atoms with Gasteiger partial charge in [-0.3, -0.25) is 30.1 Å². The number of aromatic nitrogens is 1. The summed E-state index contributed by atoms with van der Waals surface area (Å²) in [5.41, 5.74) is 1.15. The number of hydrogen-bond donors (Lipinski definition) is 0. The normalized spacial score (nSPS) is 6.78. The summed E-state index contributed by atoms with van der Waals surface area (Å²) in [6.45, 7) is 1.98. The van der Waals surface area contributed by atoms with E-state index in [1.165, 1.54) is 0 Å². The molecule has 1 aromatic heterocycles. The van der Waals surface area contributed by atoms with Crippen LogP contribution in [0.4, 0.5) is 0 Å². The molecule has 0 fully saturated rings. The Morgan fingerprint density at radius 3 is 1.89 bits per heavy atom. The minimum atomic E-state index is 0. The van der Waals surface area contributed by atoms with Crippen LogP contribution < -0.4 is 116 Å². The zero-order valence-corrected chi connectivity index (χ0v) is 15.9. The van der Waals surface area contributed by atoms with Crippen LogP contribution in [-0.4, -0.2) is 4.98 Å². The molecule has 0 spiro atoms. The van der Waals surface area contributed by atoms with Gasteiger partial charge >= 0.3 is 116 Å². The Kier molecular flexibility index (Phi) is 14.1. The average Bonchev–Trinajstić information content (AvgIpc) is 1.69. The molecule has 0 N–H and O–H groups in total. The predicted molar refractivity (Wildman–Crippen MR) is 26.6 cm³/mol. The Hall–Kier alpha value is 2.76. The monoisotopic (exact) mass is 261 g/mol. The number of nitrogens with zero attached hydrogens (tertiary/aromatic N) is 1. The van der Waals surface area contributed by atoms with Gasteiger partial charge < -0.3 is 4.98 Å². The standard InChI is InChI=1S/C6H5N.2Rb/c1-6-2-4-7-5-3-6;;/h2-3H,1H3;;/q-2;2*+1. The Morgan fingerprint density at radius 2 is 1.67 bits per heavy atom. The summed E-state index contributed by atoms with van der Waals surface area (Å²) >= 11 is 0. The van der Waals surface area contributed by atoms with E-state index in [1.54, 1.807) is 0 Å². The summed E-state index contributed by atoms with van der Waals surface area (Å²) in [6.07, 6.45) is 5.31. The third kappa shape index (κ3) is 7.13. The first kappa shape index (κ1) is 14.3. The molecule has 36 valence electrons. The molecule has 3 heteroatoms. The van der Waals surface area contributed by atoms with Gasteiger partial charge in [0.2, 0.25) is 0 Å². The fraction of sp³-hybridized carbons (Fsp3) is 0.167. The van der Waals surface area contributed by atoms with Crippen LogP contribution >= 0.6 is 0 Å². The van der Waals surface area contributed by atoms with Crippen LogP contribution in [-0.2, 0) is 0 Å². The van der Waals surface area contributed by atoms with Gasteiger partial charge in [0.05, 0.1) is 0 Å². The summed E-state index contributed by atoms with van der Waals surface area (Å²) in [5, 5.41) is 0. The Morgan fingerprint density at radius 1 is 1.22 bits per heavy atom. The molecule has 0 unspecified atom stereocenters. The Balaban J connectivity index is 0. The van der Waals surface area contributed by atoms with E-state index in [-0.39, 0.29) is 116 Å². The second-order valence-corrected chi connectivity index (χ2v) is 1.40. The van der Waals surface area contributed by atoms with Crippen molar-refractivity contribution >= 4 is 0 Å². The number of hydrogen-bond acceptors (Lipinski definition) is 1. The van der Waals surface area contributed by atoms with E-state index < -0.39 is 0 Å². The van der Waals surface area contributed by atoms with Crippen LogP contribution in [0, 0.1) is 19.3 Å². The maximum Gasteiger partial charge on any atom is 1.00 e. The smallest absolute Gasteiger partial charge is 0.543 e. The van der Waals surface area contributed by atoms with Crippen molar-refractivity contribution in [1.29, 1.82) is 0 Å². The molecule has 1 nitrogen and oxygen atoms in total. The van der Waals surface area contributed by atoms with Crippen molar-refractivity contribution in [3.63, 3.8) is 0 Å².